The van der Waals surface area contributed by atoms with Gasteiger partial charge < -0.3 is 4.74 Å². The maximum atomic E-state index is 13.0. The van der Waals surface area contributed by atoms with Crippen molar-refractivity contribution in [3.63, 3.8) is 0 Å². The third kappa shape index (κ3) is 3.20. The van der Waals surface area contributed by atoms with Gasteiger partial charge in [0, 0.05) is 5.02 Å². The molecule has 2 aromatic rings. The van der Waals surface area contributed by atoms with Gasteiger partial charge in [-0.3, -0.25) is 0 Å². The average molecular weight is 281 g/mol. The Bertz CT molecular complexity index is 602. The van der Waals surface area contributed by atoms with Crippen LogP contribution in [0.2, 0.25) is 5.02 Å². The van der Waals surface area contributed by atoms with Crippen LogP contribution in [0.4, 0.5) is 4.39 Å². The van der Waals surface area contributed by atoms with E-state index in [2.05, 4.69) is 9.97 Å². The molecule has 1 heterocycles. The topological polar surface area (TPSA) is 35.0 Å². The smallest absolute Gasteiger partial charge is 0.225 e. The normalized spacial score (nSPS) is 10.8. The lowest BCUT2D eigenvalue weighted by molar-refractivity contribution is 0.446. The van der Waals surface area contributed by atoms with E-state index in [0.29, 0.717) is 10.8 Å². The zero-order valence-electron chi connectivity index (χ0n) is 10.9. The lowest BCUT2D eigenvalue weighted by atomic mass is 10.0. The molecular formula is C14H14ClFN2O. The van der Waals surface area contributed by atoms with Gasteiger partial charge in [-0.2, -0.15) is 4.39 Å². The second-order valence-electron chi connectivity index (χ2n) is 4.57. The summed E-state index contributed by atoms with van der Waals surface area (Å²) in [6, 6.07) is 4.84. The molecule has 0 aliphatic carbocycles. The molecule has 3 nitrogen and oxygen atoms in total. The van der Waals surface area contributed by atoms with Crippen LogP contribution in [0.15, 0.2) is 24.5 Å². The number of rotatable bonds is 3. The van der Waals surface area contributed by atoms with Crippen LogP contribution in [-0.4, -0.2) is 9.97 Å². The van der Waals surface area contributed by atoms with Gasteiger partial charge in [0.1, 0.15) is 12.1 Å². The van der Waals surface area contributed by atoms with Gasteiger partial charge in [-0.1, -0.05) is 25.4 Å². The molecule has 0 saturated carbocycles. The molecule has 1 aromatic carbocycles. The first-order chi connectivity index (χ1) is 8.97. The van der Waals surface area contributed by atoms with Gasteiger partial charge in [0.15, 0.2) is 0 Å². The summed E-state index contributed by atoms with van der Waals surface area (Å²) in [6.07, 6.45) is 1.12. The first kappa shape index (κ1) is 13.7. The van der Waals surface area contributed by atoms with Crippen molar-refractivity contribution in [1.29, 1.82) is 0 Å². The van der Waals surface area contributed by atoms with E-state index in [1.807, 2.05) is 32.9 Å². The maximum Gasteiger partial charge on any atom is 0.225 e. The van der Waals surface area contributed by atoms with Crippen molar-refractivity contribution >= 4 is 11.6 Å². The summed E-state index contributed by atoms with van der Waals surface area (Å²) < 4.78 is 18.6. The Morgan fingerprint density at radius 2 is 1.95 bits per heavy atom. The summed E-state index contributed by atoms with van der Waals surface area (Å²) in [6.45, 7) is 5.97. The SMILES string of the molecule is Cc1cc(Cl)c(C(C)C)cc1Oc1cc(F)ncn1. The van der Waals surface area contributed by atoms with E-state index in [-0.39, 0.29) is 11.8 Å². The summed E-state index contributed by atoms with van der Waals surface area (Å²) in [7, 11) is 0. The second-order valence-corrected chi connectivity index (χ2v) is 4.98. The fourth-order valence-corrected chi connectivity index (χ4v) is 2.14. The highest BCUT2D eigenvalue weighted by Crippen LogP contribution is 2.33. The van der Waals surface area contributed by atoms with Crippen molar-refractivity contribution in [2.75, 3.05) is 0 Å². The summed E-state index contributed by atoms with van der Waals surface area (Å²) in [4.78, 5) is 7.25. The predicted octanol–water partition coefficient (Wildman–Crippen LogP) is 4.49. The molecule has 0 atom stereocenters. The van der Waals surface area contributed by atoms with Crippen LogP contribution in [0.25, 0.3) is 0 Å². The lowest BCUT2D eigenvalue weighted by Gasteiger charge is -2.13. The highest BCUT2D eigenvalue weighted by molar-refractivity contribution is 6.31. The minimum Gasteiger partial charge on any atom is -0.439 e. The monoisotopic (exact) mass is 280 g/mol. The van der Waals surface area contributed by atoms with Crippen molar-refractivity contribution in [3.05, 3.63) is 46.6 Å². The third-order valence-electron chi connectivity index (χ3n) is 2.74. The number of aryl methyl sites for hydroxylation is 1. The summed E-state index contributed by atoms with van der Waals surface area (Å²) in [5, 5.41) is 0.703. The molecule has 0 N–H and O–H groups in total. The number of hydrogen-bond acceptors (Lipinski definition) is 3. The predicted molar refractivity (Wildman–Crippen MR) is 72.3 cm³/mol. The van der Waals surface area contributed by atoms with Crippen LogP contribution in [0.1, 0.15) is 30.9 Å². The van der Waals surface area contributed by atoms with Gasteiger partial charge in [-0.25, -0.2) is 9.97 Å². The molecule has 0 amide bonds. The van der Waals surface area contributed by atoms with Crippen molar-refractivity contribution in [1.82, 2.24) is 9.97 Å². The van der Waals surface area contributed by atoms with Crippen molar-refractivity contribution in [3.8, 4) is 11.6 Å². The molecule has 0 saturated heterocycles. The average Bonchev–Trinajstić information content (AvgIpc) is 2.32. The van der Waals surface area contributed by atoms with Gasteiger partial charge in [0.2, 0.25) is 11.8 Å². The molecule has 100 valence electrons. The van der Waals surface area contributed by atoms with Crippen molar-refractivity contribution < 1.29 is 9.13 Å². The van der Waals surface area contributed by atoms with Gasteiger partial charge in [-0.15, -0.1) is 0 Å². The highest BCUT2D eigenvalue weighted by Gasteiger charge is 2.11. The van der Waals surface area contributed by atoms with Crippen LogP contribution < -0.4 is 4.74 Å². The summed E-state index contributed by atoms with van der Waals surface area (Å²) in [5.41, 5.74) is 1.85. The summed E-state index contributed by atoms with van der Waals surface area (Å²) >= 11 is 6.18. The largest absolute Gasteiger partial charge is 0.439 e. The van der Waals surface area contributed by atoms with Crippen LogP contribution in [0, 0.1) is 12.9 Å². The first-order valence-corrected chi connectivity index (χ1v) is 6.30. The minimum atomic E-state index is -0.624. The van der Waals surface area contributed by atoms with Crippen molar-refractivity contribution in [2.24, 2.45) is 0 Å². The molecule has 2 rings (SSSR count). The Morgan fingerprint density at radius 3 is 2.58 bits per heavy atom. The maximum absolute atomic E-state index is 13.0. The van der Waals surface area contributed by atoms with Crippen LogP contribution in [0.3, 0.4) is 0 Å². The molecule has 1 aromatic heterocycles. The number of hydrogen-bond donors (Lipinski definition) is 0. The highest BCUT2D eigenvalue weighted by atomic mass is 35.5. The van der Waals surface area contributed by atoms with E-state index in [0.717, 1.165) is 23.5 Å². The molecule has 0 unspecified atom stereocenters. The number of aromatic nitrogens is 2. The molecule has 0 radical (unpaired) electrons. The molecule has 0 bridgehead atoms. The van der Waals surface area contributed by atoms with Crippen LogP contribution in [0.5, 0.6) is 11.6 Å². The van der Waals surface area contributed by atoms with Gasteiger partial charge in [-0.05, 0) is 36.1 Å². The Labute approximate surface area is 116 Å². The number of ether oxygens (including phenoxy) is 1. The fraction of sp³-hybridized carbons (Fsp3) is 0.286. The number of nitrogens with zero attached hydrogens (tertiary/aromatic N) is 2. The number of halogens is 2. The van der Waals surface area contributed by atoms with Gasteiger partial charge >= 0.3 is 0 Å². The zero-order valence-corrected chi connectivity index (χ0v) is 11.7. The molecule has 0 aliphatic heterocycles. The molecule has 5 heteroatoms. The number of benzene rings is 1. The molecule has 0 fully saturated rings. The Morgan fingerprint density at radius 1 is 1.21 bits per heavy atom. The molecular weight excluding hydrogens is 267 g/mol. The van der Waals surface area contributed by atoms with E-state index in [4.69, 9.17) is 16.3 Å². The summed E-state index contributed by atoms with van der Waals surface area (Å²) in [5.74, 6) is 0.442. The molecule has 0 aliphatic rings. The van der Waals surface area contributed by atoms with Gasteiger partial charge in [0.05, 0.1) is 6.07 Å². The quantitative estimate of drug-likeness (QED) is 0.777. The zero-order chi connectivity index (χ0) is 14.0. The Kier molecular flexibility index (Phi) is 4.00. The fourth-order valence-electron chi connectivity index (χ4n) is 1.71. The standard InChI is InChI=1S/C14H14ClFN2O/c1-8(2)10-5-12(9(3)4-11(10)15)19-14-6-13(16)17-7-18-14/h4-8H,1-3H3. The Hall–Kier alpha value is -1.68. The van der Waals surface area contributed by atoms with Crippen molar-refractivity contribution in [2.45, 2.75) is 26.7 Å². The first-order valence-electron chi connectivity index (χ1n) is 5.93. The van der Waals surface area contributed by atoms with Gasteiger partial charge in [0.25, 0.3) is 0 Å². The van der Waals surface area contributed by atoms with E-state index in [1.165, 1.54) is 0 Å². The van der Waals surface area contributed by atoms with E-state index >= 15 is 0 Å². The van der Waals surface area contributed by atoms with E-state index < -0.39 is 5.95 Å². The Balaban J connectivity index is 2.37. The third-order valence-corrected chi connectivity index (χ3v) is 3.07. The van der Waals surface area contributed by atoms with E-state index in [9.17, 15) is 4.39 Å². The lowest BCUT2D eigenvalue weighted by Crippen LogP contribution is -1.96. The van der Waals surface area contributed by atoms with E-state index in [1.54, 1.807) is 0 Å². The van der Waals surface area contributed by atoms with Crippen LogP contribution in [-0.2, 0) is 0 Å². The molecule has 0 spiro atoms. The van der Waals surface area contributed by atoms with Crippen LogP contribution >= 0.6 is 11.6 Å². The minimum absolute atomic E-state index is 0.174. The molecule has 19 heavy (non-hydrogen) atoms. The second kappa shape index (κ2) is 5.53.